The van der Waals surface area contributed by atoms with Crippen LogP contribution in [0.15, 0.2) is 0 Å². The maximum atomic E-state index is 13.3. The van der Waals surface area contributed by atoms with Crippen molar-refractivity contribution < 1.29 is 23.9 Å². The van der Waals surface area contributed by atoms with E-state index in [1.54, 1.807) is 11.8 Å². The van der Waals surface area contributed by atoms with Gasteiger partial charge < -0.3 is 14.4 Å². The van der Waals surface area contributed by atoms with Crippen molar-refractivity contribution in [1.82, 2.24) is 4.90 Å². The normalized spacial score (nSPS) is 15.4. The van der Waals surface area contributed by atoms with Crippen LogP contribution in [0.5, 0.6) is 0 Å². The summed E-state index contributed by atoms with van der Waals surface area (Å²) in [5.41, 5.74) is -0.785. The number of carbonyl (C=O) groups is 3. The van der Waals surface area contributed by atoms with E-state index in [0.717, 1.165) is 109 Å². The number of likely N-dealkylation sites (tertiary alicyclic amines) is 1. The smallest absolute Gasteiger partial charge is 0.311 e. The Bertz CT molecular complexity index is 1010. The molecule has 0 bridgehead atoms. The van der Waals surface area contributed by atoms with Gasteiger partial charge >= 0.3 is 11.9 Å². The molecule has 1 fully saturated rings. The fourth-order valence-corrected chi connectivity index (χ4v) is 9.30. The van der Waals surface area contributed by atoms with Gasteiger partial charge in [0, 0.05) is 17.6 Å². The highest BCUT2D eigenvalue weighted by atomic mass is 32.2. The van der Waals surface area contributed by atoms with Gasteiger partial charge in [0.05, 0.1) is 12.0 Å². The molecule has 57 heavy (non-hydrogen) atoms. The van der Waals surface area contributed by atoms with E-state index in [0.29, 0.717) is 30.0 Å². The van der Waals surface area contributed by atoms with E-state index >= 15 is 0 Å². The number of hydrogen-bond donors (Lipinski definition) is 0. The summed E-state index contributed by atoms with van der Waals surface area (Å²) < 4.78 is 12.2. The lowest BCUT2D eigenvalue weighted by Gasteiger charge is -2.29. The zero-order chi connectivity index (χ0) is 42.2. The third-order valence-electron chi connectivity index (χ3n) is 12.7. The van der Waals surface area contributed by atoms with Gasteiger partial charge in [0.2, 0.25) is 0 Å². The molecule has 1 aliphatic heterocycles. The molecule has 7 heteroatoms. The Kier molecular flexibility index (Phi) is 31.8. The van der Waals surface area contributed by atoms with Crippen LogP contribution < -0.4 is 0 Å². The number of piperidine rings is 1. The topological polar surface area (TPSA) is 72.9 Å². The summed E-state index contributed by atoms with van der Waals surface area (Å²) in [6.07, 6.45) is 33.6. The summed E-state index contributed by atoms with van der Waals surface area (Å²) in [6.45, 7) is 17.8. The second-order valence-electron chi connectivity index (χ2n) is 19.4. The van der Waals surface area contributed by atoms with Crippen molar-refractivity contribution in [2.45, 2.75) is 247 Å². The Morgan fingerprint density at radius 1 is 0.614 bits per heavy atom. The van der Waals surface area contributed by atoms with E-state index < -0.39 is 5.41 Å². The van der Waals surface area contributed by atoms with Gasteiger partial charge in [-0.3, -0.25) is 14.4 Å². The number of nitrogens with zero attached hydrogens (tertiary/aromatic N) is 1. The van der Waals surface area contributed by atoms with E-state index in [2.05, 4.69) is 46.6 Å². The summed E-state index contributed by atoms with van der Waals surface area (Å²) in [5.74, 6) is 1.77. The van der Waals surface area contributed by atoms with Crippen molar-refractivity contribution >= 4 is 28.8 Å². The summed E-state index contributed by atoms with van der Waals surface area (Å²) in [5, 5.41) is 0.338. The lowest BCUT2D eigenvalue weighted by molar-refractivity contribution is -0.156. The van der Waals surface area contributed by atoms with Crippen molar-refractivity contribution in [2.75, 3.05) is 32.5 Å². The van der Waals surface area contributed by atoms with Gasteiger partial charge in [0.25, 0.3) is 0 Å². The molecule has 0 saturated carbocycles. The van der Waals surface area contributed by atoms with Gasteiger partial charge in [-0.2, -0.15) is 0 Å². The van der Waals surface area contributed by atoms with Crippen LogP contribution in [0.2, 0.25) is 0 Å². The summed E-state index contributed by atoms with van der Waals surface area (Å²) in [4.78, 5) is 41.8. The zero-order valence-electron chi connectivity index (χ0n) is 39.2. The fraction of sp³-hybridized carbons (Fsp3) is 0.940. The third-order valence-corrected chi connectivity index (χ3v) is 14.0. The number of rotatable bonds is 37. The SMILES string of the molecule is CCCCCCCCCSC(=O)C(C)(C)CCCCCC(CCCCCC(C)(C)C(=O)OCC(CCCCC)CCCCCCC)OC(=O)CC1CCN(C)CC1. The van der Waals surface area contributed by atoms with Crippen LogP contribution >= 0.6 is 11.8 Å². The van der Waals surface area contributed by atoms with E-state index in [1.807, 2.05) is 13.8 Å². The number of hydrogen-bond acceptors (Lipinski definition) is 7. The second kappa shape index (κ2) is 33.6. The van der Waals surface area contributed by atoms with E-state index in [4.69, 9.17) is 9.47 Å². The molecule has 0 amide bonds. The second-order valence-corrected chi connectivity index (χ2v) is 20.5. The molecule has 0 radical (unpaired) electrons. The van der Waals surface area contributed by atoms with E-state index in [1.165, 1.54) is 96.3 Å². The molecule has 336 valence electrons. The molecule has 0 aromatic rings. The van der Waals surface area contributed by atoms with Gasteiger partial charge in [0.15, 0.2) is 5.12 Å². The molecule has 0 aliphatic carbocycles. The van der Waals surface area contributed by atoms with Gasteiger partial charge in [-0.25, -0.2) is 0 Å². The lowest BCUT2D eigenvalue weighted by atomic mass is 9.86. The molecule has 1 saturated heterocycles. The van der Waals surface area contributed by atoms with Gasteiger partial charge in [-0.1, -0.05) is 162 Å². The summed E-state index contributed by atoms with van der Waals surface area (Å²) in [7, 11) is 2.16. The summed E-state index contributed by atoms with van der Waals surface area (Å²) >= 11 is 1.54. The Morgan fingerprint density at radius 2 is 1.07 bits per heavy atom. The van der Waals surface area contributed by atoms with Crippen molar-refractivity contribution in [3.8, 4) is 0 Å². The van der Waals surface area contributed by atoms with Crippen LogP contribution in [-0.4, -0.2) is 60.6 Å². The van der Waals surface area contributed by atoms with Gasteiger partial charge in [-0.15, -0.1) is 0 Å². The predicted molar refractivity (Wildman–Crippen MR) is 246 cm³/mol. The molecule has 0 spiro atoms. The van der Waals surface area contributed by atoms with E-state index in [9.17, 15) is 14.4 Å². The number of thioether (sulfide) groups is 1. The number of unbranched alkanes of at least 4 members (excludes halogenated alkanes) is 16. The third kappa shape index (κ3) is 28.1. The first kappa shape index (κ1) is 53.9. The first-order chi connectivity index (χ1) is 27.3. The average Bonchev–Trinajstić information content (AvgIpc) is 3.17. The largest absolute Gasteiger partial charge is 0.465 e. The minimum Gasteiger partial charge on any atom is -0.465 e. The van der Waals surface area contributed by atoms with Crippen LogP contribution in [0, 0.1) is 22.7 Å². The van der Waals surface area contributed by atoms with Gasteiger partial charge in [0.1, 0.15) is 6.10 Å². The number of ether oxygens (including phenoxy) is 2. The zero-order valence-corrected chi connectivity index (χ0v) is 40.0. The molecule has 1 rings (SSSR count). The van der Waals surface area contributed by atoms with Crippen molar-refractivity contribution in [2.24, 2.45) is 22.7 Å². The highest BCUT2D eigenvalue weighted by molar-refractivity contribution is 8.13. The fourth-order valence-electron chi connectivity index (χ4n) is 8.27. The number of carbonyl (C=O) groups excluding carboxylic acids is 3. The maximum Gasteiger partial charge on any atom is 0.311 e. The lowest BCUT2D eigenvalue weighted by Crippen LogP contribution is -2.31. The molecular formula is C50H95NO5S. The van der Waals surface area contributed by atoms with Gasteiger partial charge in [-0.05, 0) is 116 Å². The van der Waals surface area contributed by atoms with Crippen molar-refractivity contribution in [3.05, 3.63) is 0 Å². The van der Waals surface area contributed by atoms with Crippen molar-refractivity contribution in [1.29, 1.82) is 0 Å². The highest BCUT2D eigenvalue weighted by Crippen LogP contribution is 2.32. The Hall–Kier alpha value is -1.08. The molecule has 1 aliphatic rings. The summed E-state index contributed by atoms with van der Waals surface area (Å²) in [6, 6.07) is 0. The number of esters is 2. The molecule has 0 aromatic heterocycles. The predicted octanol–water partition coefficient (Wildman–Crippen LogP) is 14.7. The van der Waals surface area contributed by atoms with Crippen LogP contribution in [0.1, 0.15) is 241 Å². The molecule has 1 heterocycles. The van der Waals surface area contributed by atoms with Crippen LogP contribution in [0.4, 0.5) is 0 Å². The van der Waals surface area contributed by atoms with Crippen LogP contribution in [0.3, 0.4) is 0 Å². The molecule has 6 nitrogen and oxygen atoms in total. The Labute approximate surface area is 358 Å². The van der Waals surface area contributed by atoms with E-state index in [-0.39, 0.29) is 23.5 Å². The molecule has 2 atom stereocenters. The maximum absolute atomic E-state index is 13.3. The average molecular weight is 822 g/mol. The Balaban J connectivity index is 2.54. The first-order valence-electron chi connectivity index (χ1n) is 24.6. The van der Waals surface area contributed by atoms with Crippen molar-refractivity contribution in [3.63, 3.8) is 0 Å². The highest BCUT2D eigenvalue weighted by Gasteiger charge is 2.30. The molecule has 2 unspecified atom stereocenters. The molecule has 0 N–H and O–H groups in total. The Morgan fingerprint density at radius 3 is 1.65 bits per heavy atom. The first-order valence-corrected chi connectivity index (χ1v) is 25.6. The molecular weight excluding hydrogens is 727 g/mol. The quantitative estimate of drug-likeness (QED) is 0.0456. The van der Waals surface area contributed by atoms with Crippen LogP contribution in [-0.2, 0) is 23.9 Å². The minimum absolute atomic E-state index is 0.0305. The molecule has 0 aromatic carbocycles. The van der Waals surface area contributed by atoms with Crippen LogP contribution in [0.25, 0.3) is 0 Å². The minimum atomic E-state index is -0.490. The standard InChI is InChI=1S/C50H95NO5S/c1-9-12-15-17-18-20-29-40-57-48(54)50(6,7)37-28-22-26-33-45(56-46(52)41-43-34-38-51(8)39-35-43)32-25-21-27-36-49(4,5)47(53)55-42-44(30-23-14-11-3)31-24-19-16-13-10-2/h43-45H,9-42H2,1-8H3. The monoisotopic (exact) mass is 822 g/mol.